The van der Waals surface area contributed by atoms with Gasteiger partial charge in [-0.15, -0.1) is 23.5 Å². The molecule has 17 heavy (non-hydrogen) atoms. The van der Waals surface area contributed by atoms with Gasteiger partial charge in [0.05, 0.1) is 4.24 Å². The van der Waals surface area contributed by atoms with Crippen molar-refractivity contribution in [3.8, 4) is 0 Å². The van der Waals surface area contributed by atoms with Gasteiger partial charge in [0.1, 0.15) is 18.4 Å². The molecule has 0 radical (unpaired) electrons. The Bertz CT molecular complexity index is 438. The van der Waals surface area contributed by atoms with Crippen LogP contribution in [-0.4, -0.2) is 32.1 Å². The van der Waals surface area contributed by atoms with E-state index in [1.54, 1.807) is 34.5 Å². The third-order valence-corrected chi connectivity index (χ3v) is 4.98. The van der Waals surface area contributed by atoms with E-state index in [9.17, 15) is 4.79 Å². The molecule has 0 aromatic carbocycles. The summed E-state index contributed by atoms with van der Waals surface area (Å²) in [4.78, 5) is 16.4. The van der Waals surface area contributed by atoms with E-state index in [0.717, 1.165) is 15.7 Å². The number of carbonyl (C=O) groups excluding carboxylic acids is 1. The zero-order valence-corrected chi connectivity index (χ0v) is 11.8. The van der Waals surface area contributed by atoms with Gasteiger partial charge in [-0.3, -0.25) is 4.79 Å². The maximum absolute atomic E-state index is 12.5. The van der Waals surface area contributed by atoms with Gasteiger partial charge in [-0.25, -0.2) is 9.67 Å². The first-order valence-electron chi connectivity index (χ1n) is 5.40. The molecule has 6 heteroatoms. The Balaban J connectivity index is 2.46. The van der Waals surface area contributed by atoms with Crippen molar-refractivity contribution in [1.82, 2.24) is 14.8 Å². The fraction of sp³-hybridized carbons (Fsp3) is 0.545. The second-order valence-electron chi connectivity index (χ2n) is 4.75. The van der Waals surface area contributed by atoms with Crippen LogP contribution in [0, 0.1) is 5.41 Å². The summed E-state index contributed by atoms with van der Waals surface area (Å²) in [6.07, 6.45) is 3.05. The van der Waals surface area contributed by atoms with Gasteiger partial charge in [-0.2, -0.15) is 5.10 Å². The summed E-state index contributed by atoms with van der Waals surface area (Å²) in [6.45, 7) is 5.78. The highest BCUT2D eigenvalue weighted by Gasteiger charge is 2.30. The number of hydrogen-bond donors (Lipinski definition) is 0. The maximum Gasteiger partial charge on any atom is 0.188 e. The highest BCUT2D eigenvalue weighted by atomic mass is 32.2. The van der Waals surface area contributed by atoms with Crippen LogP contribution in [0.15, 0.2) is 16.9 Å². The van der Waals surface area contributed by atoms with Crippen LogP contribution in [0.25, 0.3) is 5.70 Å². The summed E-state index contributed by atoms with van der Waals surface area (Å²) >= 11 is 3.45. The van der Waals surface area contributed by atoms with Crippen LogP contribution in [0.3, 0.4) is 0 Å². The predicted molar refractivity (Wildman–Crippen MR) is 72.6 cm³/mol. The molecule has 1 aromatic rings. The highest BCUT2D eigenvalue weighted by molar-refractivity contribution is 8.25. The van der Waals surface area contributed by atoms with Crippen molar-refractivity contribution in [1.29, 1.82) is 0 Å². The molecule has 0 spiro atoms. The Labute approximate surface area is 109 Å². The molecule has 2 rings (SSSR count). The Kier molecular flexibility index (Phi) is 3.63. The van der Waals surface area contributed by atoms with Crippen molar-refractivity contribution in [3.63, 3.8) is 0 Å². The Morgan fingerprint density at radius 2 is 2.00 bits per heavy atom. The van der Waals surface area contributed by atoms with Gasteiger partial charge in [-0.05, 0) is 0 Å². The van der Waals surface area contributed by atoms with Crippen molar-refractivity contribution in [2.24, 2.45) is 5.41 Å². The molecular formula is C11H15N3OS2. The van der Waals surface area contributed by atoms with Gasteiger partial charge in [-0.1, -0.05) is 20.8 Å². The van der Waals surface area contributed by atoms with Crippen LogP contribution in [0.1, 0.15) is 20.8 Å². The second-order valence-corrected chi connectivity index (χ2v) is 7.22. The molecule has 0 saturated carbocycles. The molecule has 1 aliphatic heterocycles. The van der Waals surface area contributed by atoms with Gasteiger partial charge < -0.3 is 0 Å². The molecule has 92 valence electrons. The van der Waals surface area contributed by atoms with E-state index >= 15 is 0 Å². The molecule has 4 nitrogen and oxygen atoms in total. The molecule has 0 unspecified atom stereocenters. The number of thioether (sulfide) groups is 2. The fourth-order valence-electron chi connectivity index (χ4n) is 1.42. The number of Topliss-reactive ketones (excluding diaryl/α,β-unsaturated/α-hetero) is 1. The highest BCUT2D eigenvalue weighted by Crippen LogP contribution is 2.41. The van der Waals surface area contributed by atoms with Gasteiger partial charge in [0, 0.05) is 16.9 Å². The van der Waals surface area contributed by atoms with E-state index in [-0.39, 0.29) is 5.78 Å². The van der Waals surface area contributed by atoms with Crippen LogP contribution in [-0.2, 0) is 4.79 Å². The molecule has 0 amide bonds. The quantitative estimate of drug-likeness (QED) is 0.772. The molecular weight excluding hydrogens is 254 g/mol. The average molecular weight is 269 g/mol. The SMILES string of the molecule is CC(C)(C)C(=O)C(=C1SCCS1)n1cncn1. The normalized spacial score (nSPS) is 16.3. The first-order valence-corrected chi connectivity index (χ1v) is 7.37. The van der Waals surface area contributed by atoms with E-state index in [1.165, 1.54) is 6.33 Å². The zero-order valence-electron chi connectivity index (χ0n) is 10.1. The average Bonchev–Trinajstić information content (AvgIpc) is 2.88. The van der Waals surface area contributed by atoms with Crippen LogP contribution in [0.4, 0.5) is 0 Å². The van der Waals surface area contributed by atoms with E-state index in [0.29, 0.717) is 5.70 Å². The number of allylic oxidation sites excluding steroid dienone is 1. The van der Waals surface area contributed by atoms with Crippen molar-refractivity contribution < 1.29 is 4.79 Å². The number of hydrogen-bond acceptors (Lipinski definition) is 5. The standard InChI is InChI=1S/C11H15N3OS2/c1-11(2,3)9(15)8(10-16-4-5-17-10)14-7-12-6-13-14/h6-7H,4-5H2,1-3H3. The van der Waals surface area contributed by atoms with Gasteiger partial charge >= 0.3 is 0 Å². The number of carbonyl (C=O) groups is 1. The van der Waals surface area contributed by atoms with E-state index < -0.39 is 5.41 Å². The van der Waals surface area contributed by atoms with Crippen molar-refractivity contribution in [2.75, 3.05) is 11.5 Å². The molecule has 1 aliphatic rings. The lowest BCUT2D eigenvalue weighted by Gasteiger charge is -2.19. The largest absolute Gasteiger partial charge is 0.292 e. The minimum atomic E-state index is -0.405. The Morgan fingerprint density at radius 3 is 2.47 bits per heavy atom. The summed E-state index contributed by atoms with van der Waals surface area (Å²) in [6, 6.07) is 0. The monoisotopic (exact) mass is 269 g/mol. The second kappa shape index (κ2) is 4.86. The third-order valence-electron chi connectivity index (χ3n) is 2.29. The lowest BCUT2D eigenvalue weighted by atomic mass is 9.89. The minimum Gasteiger partial charge on any atom is -0.292 e. The molecule has 0 bridgehead atoms. The van der Waals surface area contributed by atoms with Crippen LogP contribution >= 0.6 is 23.5 Å². The van der Waals surface area contributed by atoms with E-state index in [4.69, 9.17) is 0 Å². The molecule has 0 N–H and O–H groups in total. The lowest BCUT2D eigenvalue weighted by Crippen LogP contribution is -2.25. The van der Waals surface area contributed by atoms with Crippen molar-refractivity contribution >= 4 is 35.0 Å². The summed E-state index contributed by atoms with van der Waals surface area (Å²) < 4.78 is 2.66. The Hall–Kier alpha value is -0.750. The molecule has 0 atom stereocenters. The first-order chi connectivity index (χ1) is 8.00. The zero-order chi connectivity index (χ0) is 12.5. The first kappa shape index (κ1) is 12.7. The van der Waals surface area contributed by atoms with Crippen LogP contribution in [0.2, 0.25) is 0 Å². The molecule has 1 aromatic heterocycles. The predicted octanol–water partition coefficient (Wildman–Crippen LogP) is 2.50. The summed E-state index contributed by atoms with van der Waals surface area (Å²) in [5, 5.41) is 4.10. The van der Waals surface area contributed by atoms with Gasteiger partial charge in [0.15, 0.2) is 5.78 Å². The molecule has 2 heterocycles. The minimum absolute atomic E-state index is 0.111. The number of nitrogens with zero attached hydrogens (tertiary/aromatic N) is 3. The number of ketones is 1. The fourth-order valence-corrected chi connectivity index (χ4v) is 3.93. The maximum atomic E-state index is 12.5. The number of rotatable bonds is 2. The van der Waals surface area contributed by atoms with Crippen molar-refractivity contribution in [3.05, 3.63) is 16.9 Å². The van der Waals surface area contributed by atoms with Crippen molar-refractivity contribution in [2.45, 2.75) is 20.8 Å². The summed E-state index contributed by atoms with van der Waals surface area (Å²) in [7, 11) is 0. The summed E-state index contributed by atoms with van der Waals surface area (Å²) in [5.41, 5.74) is 0.264. The topological polar surface area (TPSA) is 47.8 Å². The van der Waals surface area contributed by atoms with Gasteiger partial charge in [0.25, 0.3) is 0 Å². The number of aromatic nitrogens is 3. The molecule has 1 fully saturated rings. The molecule has 0 aliphatic carbocycles. The third kappa shape index (κ3) is 2.74. The van der Waals surface area contributed by atoms with Crippen LogP contribution in [0.5, 0.6) is 0 Å². The summed E-state index contributed by atoms with van der Waals surface area (Å²) in [5.74, 6) is 2.21. The Morgan fingerprint density at radius 1 is 1.35 bits per heavy atom. The molecule has 1 saturated heterocycles. The van der Waals surface area contributed by atoms with Gasteiger partial charge in [0.2, 0.25) is 0 Å². The van der Waals surface area contributed by atoms with E-state index in [2.05, 4.69) is 10.1 Å². The van der Waals surface area contributed by atoms with E-state index in [1.807, 2.05) is 20.8 Å². The van der Waals surface area contributed by atoms with Crippen LogP contribution < -0.4 is 0 Å². The lowest BCUT2D eigenvalue weighted by molar-refractivity contribution is -0.120. The smallest absolute Gasteiger partial charge is 0.188 e.